The third-order valence-corrected chi connectivity index (χ3v) is 4.90. The topological polar surface area (TPSA) is 101 Å². The van der Waals surface area contributed by atoms with E-state index >= 15 is 0 Å². The van der Waals surface area contributed by atoms with Gasteiger partial charge in [0.25, 0.3) is 5.91 Å². The molecule has 3 aromatic rings. The molecule has 0 unspecified atom stereocenters. The highest BCUT2D eigenvalue weighted by atomic mass is 35.5. The number of anilines is 2. The predicted molar refractivity (Wildman–Crippen MR) is 117 cm³/mol. The minimum atomic E-state index is -0.775. The molecule has 4 N–H and O–H groups in total. The van der Waals surface area contributed by atoms with Gasteiger partial charge < -0.3 is 16.4 Å². The van der Waals surface area contributed by atoms with Crippen LogP contribution in [-0.2, 0) is 4.79 Å². The van der Waals surface area contributed by atoms with Crippen LogP contribution in [0.4, 0.5) is 20.2 Å². The number of nitrogens with one attached hydrogen (secondary N) is 2. The summed E-state index contributed by atoms with van der Waals surface area (Å²) in [4.78, 5) is 36.1. The summed E-state index contributed by atoms with van der Waals surface area (Å²) in [5.41, 5.74) is 6.70. The lowest BCUT2D eigenvalue weighted by Crippen LogP contribution is -2.33. The summed E-state index contributed by atoms with van der Waals surface area (Å²) in [6, 6.07) is 12.1. The number of hydrogen-bond donors (Lipinski definition) is 3. The molecule has 3 aromatic carbocycles. The van der Waals surface area contributed by atoms with E-state index in [1.165, 1.54) is 36.4 Å². The molecule has 2 amide bonds. The molecule has 0 fully saturated rings. The first kappa shape index (κ1) is 22.9. The Hall–Kier alpha value is -3.78. The molecule has 0 radical (unpaired) electrons. The Morgan fingerprint density at radius 3 is 2.38 bits per heavy atom. The van der Waals surface area contributed by atoms with Crippen LogP contribution in [0.25, 0.3) is 0 Å². The van der Waals surface area contributed by atoms with E-state index < -0.39 is 29.2 Å². The van der Waals surface area contributed by atoms with Crippen LogP contribution in [0.1, 0.15) is 31.8 Å². The summed E-state index contributed by atoms with van der Waals surface area (Å²) >= 11 is 6.30. The van der Waals surface area contributed by atoms with Gasteiger partial charge in [0.05, 0.1) is 17.3 Å². The summed E-state index contributed by atoms with van der Waals surface area (Å²) in [5, 5.41) is 5.24. The average molecular weight is 458 g/mol. The van der Waals surface area contributed by atoms with Crippen LogP contribution >= 0.6 is 11.6 Å². The van der Waals surface area contributed by atoms with Gasteiger partial charge in [-0.05, 0) is 55.0 Å². The highest BCUT2D eigenvalue weighted by molar-refractivity contribution is 6.35. The summed E-state index contributed by atoms with van der Waals surface area (Å²) in [6.07, 6.45) is 0. The third kappa shape index (κ3) is 5.28. The zero-order valence-electron chi connectivity index (χ0n) is 16.8. The van der Waals surface area contributed by atoms with Gasteiger partial charge in [-0.2, -0.15) is 0 Å². The van der Waals surface area contributed by atoms with E-state index in [9.17, 15) is 23.2 Å². The fraction of sp³-hybridized carbons (Fsp3) is 0.0870. The fourth-order valence-electron chi connectivity index (χ4n) is 2.95. The molecule has 0 heterocycles. The quantitative estimate of drug-likeness (QED) is 0.464. The molecule has 3 rings (SSSR count). The number of benzene rings is 3. The van der Waals surface area contributed by atoms with E-state index in [1.54, 1.807) is 13.0 Å². The van der Waals surface area contributed by atoms with Crippen LogP contribution in [0.15, 0.2) is 54.6 Å². The van der Waals surface area contributed by atoms with Crippen LogP contribution in [0, 0.1) is 18.6 Å². The van der Waals surface area contributed by atoms with Gasteiger partial charge in [-0.3, -0.25) is 14.4 Å². The number of nitrogens with two attached hydrogens (primary N) is 1. The maximum absolute atomic E-state index is 13.9. The van der Waals surface area contributed by atoms with Gasteiger partial charge in [0.2, 0.25) is 5.91 Å². The van der Waals surface area contributed by atoms with Crippen LogP contribution in [-0.4, -0.2) is 24.1 Å². The van der Waals surface area contributed by atoms with Gasteiger partial charge in [-0.1, -0.05) is 17.7 Å². The molecule has 6 nitrogen and oxygen atoms in total. The largest absolute Gasteiger partial charge is 0.368 e. The van der Waals surface area contributed by atoms with Crippen LogP contribution in [0.2, 0.25) is 5.02 Å². The molecule has 0 bridgehead atoms. The molecule has 0 spiro atoms. The molecule has 0 aliphatic heterocycles. The molecule has 164 valence electrons. The molecule has 32 heavy (non-hydrogen) atoms. The summed E-state index contributed by atoms with van der Waals surface area (Å²) in [7, 11) is 0. The number of halogens is 3. The fourth-order valence-corrected chi connectivity index (χ4v) is 3.21. The molecule has 0 aliphatic carbocycles. The number of carbonyl (C=O) groups excluding carboxylic acids is 3. The molecule has 0 aromatic heterocycles. The number of primary amides is 1. The Morgan fingerprint density at radius 2 is 1.72 bits per heavy atom. The van der Waals surface area contributed by atoms with Gasteiger partial charge >= 0.3 is 0 Å². The normalized spacial score (nSPS) is 10.5. The zero-order chi connectivity index (χ0) is 23.4. The highest BCUT2D eigenvalue weighted by Gasteiger charge is 2.18. The average Bonchev–Trinajstić information content (AvgIpc) is 2.74. The van der Waals surface area contributed by atoms with Gasteiger partial charge in [0, 0.05) is 28.4 Å². The maximum atomic E-state index is 13.9. The first-order valence-corrected chi connectivity index (χ1v) is 9.77. The van der Waals surface area contributed by atoms with Crippen molar-refractivity contribution in [2.45, 2.75) is 6.92 Å². The molecule has 0 aliphatic rings. The lowest BCUT2D eigenvalue weighted by Gasteiger charge is -2.12. The first-order chi connectivity index (χ1) is 15.2. The zero-order valence-corrected chi connectivity index (χ0v) is 17.6. The van der Waals surface area contributed by atoms with E-state index in [1.807, 2.05) is 0 Å². The van der Waals surface area contributed by atoms with E-state index in [0.717, 1.165) is 12.1 Å². The van der Waals surface area contributed by atoms with Crippen molar-refractivity contribution in [2.24, 2.45) is 5.73 Å². The first-order valence-electron chi connectivity index (χ1n) is 9.39. The second kappa shape index (κ2) is 9.57. The number of amides is 2. The monoisotopic (exact) mass is 457 g/mol. The molecule has 9 heteroatoms. The van der Waals surface area contributed by atoms with Crippen molar-refractivity contribution >= 4 is 40.6 Å². The van der Waals surface area contributed by atoms with Crippen molar-refractivity contribution in [2.75, 3.05) is 11.9 Å². The van der Waals surface area contributed by atoms with Crippen molar-refractivity contribution in [1.29, 1.82) is 0 Å². The highest BCUT2D eigenvalue weighted by Crippen LogP contribution is 2.28. The Bertz CT molecular complexity index is 1230. The summed E-state index contributed by atoms with van der Waals surface area (Å²) in [6.45, 7) is 1.38. The Kier molecular flexibility index (Phi) is 6.85. The van der Waals surface area contributed by atoms with E-state index in [0.29, 0.717) is 11.3 Å². The minimum Gasteiger partial charge on any atom is -0.368 e. The number of ketones is 1. The molecular formula is C23H18ClF2N3O3. The molecule has 0 atom stereocenters. The second-order valence-corrected chi connectivity index (χ2v) is 7.36. The third-order valence-electron chi connectivity index (χ3n) is 4.59. The van der Waals surface area contributed by atoms with Crippen molar-refractivity contribution in [3.8, 4) is 0 Å². The number of rotatable bonds is 7. The Labute approximate surface area is 187 Å². The molecule has 0 saturated carbocycles. The molecule has 0 saturated heterocycles. The van der Waals surface area contributed by atoms with Crippen LogP contribution in [0.3, 0.4) is 0 Å². The van der Waals surface area contributed by atoms with Crippen molar-refractivity contribution in [3.05, 3.63) is 93.5 Å². The SMILES string of the molecule is Cc1ccc(C(=O)NCC(N)=O)cc1C(=O)c1ccc(Nc2ccc(F)cc2F)cc1Cl. The smallest absolute Gasteiger partial charge is 0.251 e. The standard InChI is InChI=1S/C23H18ClF2N3O3/c1-12-2-3-13(23(32)28-11-21(27)30)8-17(12)22(31)16-6-5-15(10-18(16)24)29-20-7-4-14(25)9-19(20)26/h2-10,29H,11H2,1H3,(H2,27,30)(H,28,32). The number of aryl methyl sites for hydroxylation is 1. The summed E-state index contributed by atoms with van der Waals surface area (Å²) in [5.74, 6) is -3.14. The Balaban J connectivity index is 1.85. The van der Waals surface area contributed by atoms with Crippen molar-refractivity contribution in [1.82, 2.24) is 5.32 Å². The summed E-state index contributed by atoms with van der Waals surface area (Å²) < 4.78 is 26.9. The van der Waals surface area contributed by atoms with E-state index in [-0.39, 0.29) is 33.9 Å². The van der Waals surface area contributed by atoms with Gasteiger partial charge in [-0.25, -0.2) is 8.78 Å². The number of hydrogen-bond acceptors (Lipinski definition) is 4. The molecular weight excluding hydrogens is 440 g/mol. The number of carbonyl (C=O) groups is 3. The maximum Gasteiger partial charge on any atom is 0.251 e. The van der Waals surface area contributed by atoms with Crippen molar-refractivity contribution < 1.29 is 23.2 Å². The van der Waals surface area contributed by atoms with Crippen LogP contribution < -0.4 is 16.4 Å². The van der Waals surface area contributed by atoms with E-state index in [2.05, 4.69) is 10.6 Å². The van der Waals surface area contributed by atoms with Crippen molar-refractivity contribution in [3.63, 3.8) is 0 Å². The van der Waals surface area contributed by atoms with Gasteiger partial charge in [0.15, 0.2) is 5.78 Å². The minimum absolute atomic E-state index is 0.0482. The Morgan fingerprint density at radius 1 is 0.969 bits per heavy atom. The lowest BCUT2D eigenvalue weighted by atomic mass is 9.96. The van der Waals surface area contributed by atoms with Gasteiger partial charge in [0.1, 0.15) is 11.6 Å². The van der Waals surface area contributed by atoms with Gasteiger partial charge in [-0.15, -0.1) is 0 Å². The lowest BCUT2D eigenvalue weighted by molar-refractivity contribution is -0.117. The second-order valence-electron chi connectivity index (χ2n) is 6.95. The van der Waals surface area contributed by atoms with Crippen LogP contribution in [0.5, 0.6) is 0 Å². The van der Waals surface area contributed by atoms with E-state index in [4.69, 9.17) is 17.3 Å². The predicted octanol–water partition coefficient (Wildman–Crippen LogP) is 4.12.